The summed E-state index contributed by atoms with van der Waals surface area (Å²) in [6, 6.07) is 0. The van der Waals surface area contributed by atoms with Crippen molar-refractivity contribution in [2.45, 2.75) is 32.7 Å². The van der Waals surface area contributed by atoms with Gasteiger partial charge in [-0.25, -0.2) is 0 Å². The molecule has 88 valence electrons. The fourth-order valence-corrected chi connectivity index (χ4v) is 1.55. The zero-order valence-electron chi connectivity index (χ0n) is 10.4. The molecule has 1 unspecified atom stereocenters. The lowest BCUT2D eigenvalue weighted by Gasteiger charge is -2.37. The van der Waals surface area contributed by atoms with E-state index in [9.17, 15) is 0 Å². The molecule has 15 heavy (non-hydrogen) atoms. The van der Waals surface area contributed by atoms with Crippen molar-refractivity contribution < 1.29 is 4.74 Å². The molecule has 3 heteroatoms. The lowest BCUT2D eigenvalue weighted by Crippen LogP contribution is -2.58. The van der Waals surface area contributed by atoms with E-state index in [-0.39, 0.29) is 5.54 Å². The van der Waals surface area contributed by atoms with Crippen LogP contribution >= 0.6 is 0 Å². The summed E-state index contributed by atoms with van der Waals surface area (Å²) in [5, 5.41) is 3.47. The molecular weight excluding hydrogens is 188 g/mol. The molecule has 0 aliphatic rings. The van der Waals surface area contributed by atoms with Gasteiger partial charge in [-0.2, -0.15) is 0 Å². The summed E-state index contributed by atoms with van der Waals surface area (Å²) in [7, 11) is 1.71. The van der Waals surface area contributed by atoms with Crippen LogP contribution in [0.25, 0.3) is 0 Å². The zero-order chi connectivity index (χ0) is 11.7. The molecule has 0 aromatic heterocycles. The second kappa shape index (κ2) is 7.70. The Hall–Kier alpha value is -0.560. The number of nitrogens with one attached hydrogen (secondary N) is 1. The highest BCUT2D eigenvalue weighted by Crippen LogP contribution is 2.16. The number of hydrogen-bond acceptors (Lipinski definition) is 3. The topological polar surface area (TPSA) is 47.3 Å². The smallest absolute Gasteiger partial charge is 0.0659 e. The van der Waals surface area contributed by atoms with Gasteiger partial charge in [0.25, 0.3) is 0 Å². The highest BCUT2D eigenvalue weighted by Gasteiger charge is 2.31. The average Bonchev–Trinajstić information content (AvgIpc) is 2.22. The lowest BCUT2D eigenvalue weighted by atomic mass is 9.87. The first-order valence-corrected chi connectivity index (χ1v) is 5.46. The quantitative estimate of drug-likeness (QED) is 0.489. The Kier molecular flexibility index (Phi) is 7.41. The molecule has 0 amide bonds. The van der Waals surface area contributed by atoms with Crippen LogP contribution in [0.2, 0.25) is 0 Å². The maximum Gasteiger partial charge on any atom is 0.0659 e. The van der Waals surface area contributed by atoms with E-state index in [0.29, 0.717) is 19.1 Å². The van der Waals surface area contributed by atoms with Gasteiger partial charge in [0, 0.05) is 26.6 Å². The largest absolute Gasteiger partial charge is 0.383 e. The van der Waals surface area contributed by atoms with Crippen LogP contribution in [0, 0.1) is 17.8 Å². The second-order valence-electron chi connectivity index (χ2n) is 4.05. The van der Waals surface area contributed by atoms with E-state index in [4.69, 9.17) is 10.5 Å². The first-order valence-electron chi connectivity index (χ1n) is 5.46. The van der Waals surface area contributed by atoms with Gasteiger partial charge in [0.2, 0.25) is 0 Å². The summed E-state index contributed by atoms with van der Waals surface area (Å²) >= 11 is 0. The fourth-order valence-electron chi connectivity index (χ4n) is 1.55. The third-order valence-electron chi connectivity index (χ3n) is 2.78. The number of ether oxygens (including phenoxy) is 1. The van der Waals surface area contributed by atoms with E-state index in [2.05, 4.69) is 31.0 Å². The van der Waals surface area contributed by atoms with E-state index in [1.165, 1.54) is 0 Å². The third-order valence-corrected chi connectivity index (χ3v) is 2.78. The molecule has 0 radical (unpaired) electrons. The Morgan fingerprint density at radius 3 is 2.53 bits per heavy atom. The Labute approximate surface area is 93.8 Å². The predicted molar refractivity (Wildman–Crippen MR) is 64.6 cm³/mol. The maximum absolute atomic E-state index is 5.83. The van der Waals surface area contributed by atoms with Crippen LogP contribution in [0.4, 0.5) is 0 Å². The molecule has 0 saturated carbocycles. The zero-order valence-corrected chi connectivity index (χ0v) is 10.4. The summed E-state index contributed by atoms with van der Waals surface area (Å²) in [4.78, 5) is 0. The first kappa shape index (κ1) is 14.4. The SMILES string of the molecule is CC#CCCNC(CN)(COC)C(C)C. The van der Waals surface area contributed by atoms with Crippen molar-refractivity contribution in [1.82, 2.24) is 5.32 Å². The molecule has 0 spiro atoms. The Balaban J connectivity index is 4.25. The molecule has 3 nitrogen and oxygen atoms in total. The van der Waals surface area contributed by atoms with E-state index >= 15 is 0 Å². The van der Waals surface area contributed by atoms with Crippen LogP contribution in [0.3, 0.4) is 0 Å². The van der Waals surface area contributed by atoms with Gasteiger partial charge >= 0.3 is 0 Å². The third kappa shape index (κ3) is 4.65. The van der Waals surface area contributed by atoms with Crippen molar-refractivity contribution in [3.8, 4) is 11.8 Å². The molecule has 0 aromatic rings. The van der Waals surface area contributed by atoms with Gasteiger partial charge in [0.05, 0.1) is 12.1 Å². The van der Waals surface area contributed by atoms with Gasteiger partial charge < -0.3 is 15.8 Å². The van der Waals surface area contributed by atoms with Crippen molar-refractivity contribution >= 4 is 0 Å². The van der Waals surface area contributed by atoms with E-state index in [1.807, 2.05) is 6.92 Å². The maximum atomic E-state index is 5.83. The van der Waals surface area contributed by atoms with Crippen LogP contribution < -0.4 is 11.1 Å². The van der Waals surface area contributed by atoms with Crippen LogP contribution in [-0.4, -0.2) is 32.3 Å². The van der Waals surface area contributed by atoms with Gasteiger partial charge in [0.1, 0.15) is 0 Å². The normalized spacial score (nSPS) is 14.5. The van der Waals surface area contributed by atoms with Gasteiger partial charge in [-0.15, -0.1) is 11.8 Å². The molecule has 0 aliphatic heterocycles. The number of rotatable bonds is 7. The van der Waals surface area contributed by atoms with Crippen LogP contribution in [0.5, 0.6) is 0 Å². The van der Waals surface area contributed by atoms with Crippen molar-refractivity contribution in [1.29, 1.82) is 0 Å². The Bertz CT molecular complexity index is 217. The van der Waals surface area contributed by atoms with Crippen molar-refractivity contribution in [2.75, 3.05) is 26.8 Å². The monoisotopic (exact) mass is 212 g/mol. The molecule has 0 heterocycles. The summed E-state index contributed by atoms with van der Waals surface area (Å²) in [6.45, 7) is 8.25. The molecule has 0 aromatic carbocycles. The van der Waals surface area contributed by atoms with Gasteiger partial charge in [0.15, 0.2) is 0 Å². The molecular formula is C12H24N2O. The minimum Gasteiger partial charge on any atom is -0.383 e. The molecule has 0 bridgehead atoms. The molecule has 3 N–H and O–H groups in total. The van der Waals surface area contributed by atoms with Crippen LogP contribution in [0.1, 0.15) is 27.2 Å². The second-order valence-corrected chi connectivity index (χ2v) is 4.05. The standard InChI is InChI=1S/C12H24N2O/c1-5-6-7-8-14-12(9-13,10-15-4)11(2)3/h11,14H,7-10,13H2,1-4H3. The summed E-state index contributed by atoms with van der Waals surface area (Å²) in [5.41, 5.74) is 5.71. The fraction of sp³-hybridized carbons (Fsp3) is 0.833. The van der Waals surface area contributed by atoms with Crippen molar-refractivity contribution in [3.05, 3.63) is 0 Å². The Morgan fingerprint density at radius 2 is 2.13 bits per heavy atom. The van der Waals surface area contributed by atoms with E-state index in [0.717, 1.165) is 13.0 Å². The van der Waals surface area contributed by atoms with Gasteiger partial charge in [-0.1, -0.05) is 13.8 Å². The number of hydrogen-bond donors (Lipinski definition) is 2. The highest BCUT2D eigenvalue weighted by molar-refractivity contribution is 4.98. The molecule has 0 aliphatic carbocycles. The van der Waals surface area contributed by atoms with Crippen molar-refractivity contribution in [3.63, 3.8) is 0 Å². The van der Waals surface area contributed by atoms with Crippen LogP contribution in [0.15, 0.2) is 0 Å². The van der Waals surface area contributed by atoms with Gasteiger partial charge in [-0.05, 0) is 12.8 Å². The molecule has 0 fully saturated rings. The summed E-state index contributed by atoms with van der Waals surface area (Å²) in [6.07, 6.45) is 0.856. The van der Waals surface area contributed by atoms with Crippen LogP contribution in [-0.2, 0) is 4.74 Å². The summed E-state index contributed by atoms with van der Waals surface area (Å²) < 4.78 is 5.24. The molecule has 0 saturated heterocycles. The lowest BCUT2D eigenvalue weighted by molar-refractivity contribution is 0.0838. The predicted octanol–water partition coefficient (Wildman–Crippen LogP) is 0.989. The van der Waals surface area contributed by atoms with E-state index < -0.39 is 0 Å². The minimum atomic E-state index is -0.121. The van der Waals surface area contributed by atoms with Gasteiger partial charge in [-0.3, -0.25) is 0 Å². The minimum absolute atomic E-state index is 0.121. The van der Waals surface area contributed by atoms with E-state index in [1.54, 1.807) is 7.11 Å². The molecule has 1 atom stereocenters. The average molecular weight is 212 g/mol. The number of nitrogens with two attached hydrogens (primary N) is 1. The van der Waals surface area contributed by atoms with Crippen molar-refractivity contribution in [2.24, 2.45) is 11.7 Å². The Morgan fingerprint density at radius 1 is 1.47 bits per heavy atom. The molecule has 0 rings (SSSR count). The summed E-state index contributed by atoms with van der Waals surface area (Å²) in [5.74, 6) is 6.35. The number of methoxy groups -OCH3 is 1. The first-order chi connectivity index (χ1) is 7.13. The highest BCUT2D eigenvalue weighted by atomic mass is 16.5.